The zero-order valence-electron chi connectivity index (χ0n) is 3.39. The Bertz CT molecular complexity index is 15.0. The fourth-order valence-electron chi connectivity index (χ4n) is 0. The van der Waals surface area contributed by atoms with E-state index < -0.39 is 7.35 Å². The predicted molar refractivity (Wildman–Crippen MR) is 13.7 cm³/mol. The Morgan fingerprint density at radius 3 is 1.33 bits per heavy atom. The summed E-state index contributed by atoms with van der Waals surface area (Å²) in [5, 5.41) is 8.25. The largest absolute Gasteiger partial charge is 1.00 e. The molecule has 0 aromatic heterocycles. The van der Waals surface area contributed by atoms with Crippen molar-refractivity contribution in [2.24, 2.45) is 0 Å². The second kappa shape index (κ2) is 46.7. The van der Waals surface area contributed by atoms with Gasteiger partial charge in [-0.25, -0.2) is 0 Å². The van der Waals surface area contributed by atoms with E-state index >= 15 is 0 Å². The SMILES string of the molecule is O.O.O=B[O-].[Na+]. The molecule has 0 atom stereocenters. The van der Waals surface area contributed by atoms with E-state index in [1.165, 1.54) is 0 Å². The van der Waals surface area contributed by atoms with Crippen LogP contribution >= 0.6 is 0 Å². The molecule has 0 aliphatic heterocycles. The maximum atomic E-state index is 8.25. The fourth-order valence-corrected chi connectivity index (χ4v) is 0. The van der Waals surface area contributed by atoms with Gasteiger partial charge in [0, 0.05) is 0 Å². The van der Waals surface area contributed by atoms with Gasteiger partial charge in [-0.05, 0) is 0 Å². The molecule has 0 saturated heterocycles. The molecule has 4 N–H and O–H groups in total. The maximum absolute atomic E-state index is 8.25. The van der Waals surface area contributed by atoms with Crippen LogP contribution in [-0.2, 0) is 4.70 Å². The second-order valence-corrected chi connectivity index (χ2v) is 0.0962. The minimum atomic E-state index is -0.500. The maximum Gasteiger partial charge on any atom is 1.00 e. The molecule has 0 radical (unpaired) electrons. The summed E-state index contributed by atoms with van der Waals surface area (Å²) in [5.41, 5.74) is 0. The van der Waals surface area contributed by atoms with Crippen LogP contribution in [0.15, 0.2) is 0 Å². The first kappa shape index (κ1) is 30.7. The first-order valence-corrected chi connectivity index (χ1v) is 0.471. The zero-order chi connectivity index (χ0) is 2.71. The molecule has 0 bridgehead atoms. The van der Waals surface area contributed by atoms with Crippen molar-refractivity contribution in [3.05, 3.63) is 0 Å². The van der Waals surface area contributed by atoms with Crippen molar-refractivity contribution < 1.29 is 50.2 Å². The standard InChI is InChI=1S/BO2.Na.2H2O/c2-1-3;;;/h;;2*1H2/q-1;+1;;. The summed E-state index contributed by atoms with van der Waals surface area (Å²) in [5.74, 6) is 0. The molecule has 4 nitrogen and oxygen atoms in total. The third-order valence-electron chi connectivity index (χ3n) is 0. The normalized spacial score (nSPS) is 1.33. The van der Waals surface area contributed by atoms with Crippen molar-refractivity contribution in [1.82, 2.24) is 0 Å². The average Bonchev–Trinajstić information content (AvgIpc) is 0.918. The molecule has 6 heteroatoms. The van der Waals surface area contributed by atoms with E-state index in [1.807, 2.05) is 0 Å². The Morgan fingerprint density at radius 2 is 1.33 bits per heavy atom. The smallest absolute Gasteiger partial charge is 1.00 e. The van der Waals surface area contributed by atoms with Gasteiger partial charge in [-0.2, -0.15) is 0 Å². The third-order valence-corrected chi connectivity index (χ3v) is 0. The van der Waals surface area contributed by atoms with Crippen LogP contribution in [0.1, 0.15) is 0 Å². The van der Waals surface area contributed by atoms with E-state index in [4.69, 9.17) is 9.73 Å². The van der Waals surface area contributed by atoms with Gasteiger partial charge < -0.3 is 11.0 Å². The van der Waals surface area contributed by atoms with E-state index in [0.717, 1.165) is 0 Å². The molecule has 0 amide bonds. The summed E-state index contributed by atoms with van der Waals surface area (Å²) in [4.78, 5) is 0. The molecular formula is H4BNaO4. The number of hydrogen-bond acceptors (Lipinski definition) is 2. The molecule has 0 aromatic carbocycles. The summed E-state index contributed by atoms with van der Waals surface area (Å²) < 4.78 is 8.25. The van der Waals surface area contributed by atoms with Gasteiger partial charge in [-0.1, -0.05) is 0 Å². The molecule has 0 aliphatic rings. The molecule has 0 heterocycles. The molecule has 32 valence electrons. The van der Waals surface area contributed by atoms with Gasteiger partial charge in [-0.3, -0.25) is 0 Å². The molecule has 0 rings (SSSR count). The Labute approximate surface area is 57.7 Å². The van der Waals surface area contributed by atoms with Gasteiger partial charge in [-0.15, -0.1) is 0 Å². The first-order chi connectivity index (χ1) is 1.41. The zero-order valence-corrected chi connectivity index (χ0v) is 5.39. The van der Waals surface area contributed by atoms with Gasteiger partial charge in [0.15, 0.2) is 0 Å². The van der Waals surface area contributed by atoms with Crippen LogP contribution < -0.4 is 34.6 Å². The van der Waals surface area contributed by atoms with Crippen molar-refractivity contribution in [2.45, 2.75) is 0 Å². The first-order valence-electron chi connectivity index (χ1n) is 0.471. The monoisotopic (exact) mass is 102 g/mol. The van der Waals surface area contributed by atoms with E-state index in [2.05, 4.69) is 0 Å². The summed E-state index contributed by atoms with van der Waals surface area (Å²) in [7, 11) is -0.500. The van der Waals surface area contributed by atoms with E-state index in [1.54, 1.807) is 0 Å². The van der Waals surface area contributed by atoms with Crippen LogP contribution in [0.2, 0.25) is 0 Å². The molecule has 0 spiro atoms. The van der Waals surface area contributed by atoms with Crippen molar-refractivity contribution in [3.63, 3.8) is 0 Å². The van der Waals surface area contributed by atoms with Crippen LogP contribution in [0, 0.1) is 0 Å². The summed E-state index contributed by atoms with van der Waals surface area (Å²) >= 11 is 0. The van der Waals surface area contributed by atoms with Crippen molar-refractivity contribution in [2.75, 3.05) is 0 Å². The fraction of sp³-hybridized carbons (Fsp3) is 0. The Morgan fingerprint density at radius 1 is 1.33 bits per heavy atom. The van der Waals surface area contributed by atoms with Gasteiger partial charge in [0.2, 0.25) is 0 Å². The summed E-state index contributed by atoms with van der Waals surface area (Å²) in [6.07, 6.45) is 0. The molecule has 0 aromatic rings. The molecule has 6 heavy (non-hydrogen) atoms. The van der Waals surface area contributed by atoms with Crippen LogP contribution in [0.5, 0.6) is 0 Å². The van der Waals surface area contributed by atoms with E-state index in [9.17, 15) is 0 Å². The van der Waals surface area contributed by atoms with E-state index in [-0.39, 0.29) is 40.5 Å². The van der Waals surface area contributed by atoms with Crippen molar-refractivity contribution in [3.8, 4) is 0 Å². The topological polar surface area (TPSA) is 103 Å². The Balaban J connectivity index is -0.00000000667. The van der Waals surface area contributed by atoms with Crippen LogP contribution in [0.25, 0.3) is 0 Å². The van der Waals surface area contributed by atoms with Crippen LogP contribution in [-0.4, -0.2) is 18.3 Å². The van der Waals surface area contributed by atoms with Gasteiger partial charge in [0.1, 0.15) is 0 Å². The van der Waals surface area contributed by atoms with Crippen LogP contribution in [0.3, 0.4) is 0 Å². The molecule has 0 aliphatic carbocycles. The number of hydrogen-bond donors (Lipinski definition) is 0. The molecule has 0 unspecified atom stereocenters. The minimum absolute atomic E-state index is 0. The molecular weight excluding hydrogens is 97.8 g/mol. The van der Waals surface area contributed by atoms with Gasteiger partial charge >= 0.3 is 46.6 Å². The Hall–Kier alpha value is 0.585. The summed E-state index contributed by atoms with van der Waals surface area (Å²) in [6, 6.07) is 0. The van der Waals surface area contributed by atoms with Gasteiger partial charge in [0.05, 0.1) is 0 Å². The van der Waals surface area contributed by atoms with Crippen molar-refractivity contribution >= 4 is 7.35 Å². The quantitative estimate of drug-likeness (QED) is 0.284. The van der Waals surface area contributed by atoms with E-state index in [0.29, 0.717) is 0 Å². The summed E-state index contributed by atoms with van der Waals surface area (Å²) in [6.45, 7) is 0. The third kappa shape index (κ3) is 172. The molecule has 0 saturated carbocycles. The van der Waals surface area contributed by atoms with Gasteiger partial charge in [0.25, 0.3) is 0 Å². The molecule has 0 fully saturated rings. The van der Waals surface area contributed by atoms with Crippen LogP contribution in [0.4, 0.5) is 0 Å². The van der Waals surface area contributed by atoms with Crippen molar-refractivity contribution in [1.29, 1.82) is 0 Å². The average molecular weight is 102 g/mol. The number of rotatable bonds is 0. The predicted octanol–water partition coefficient (Wildman–Crippen LogP) is -6.33. The Kier molecular flexibility index (Phi) is 239. The minimum Gasteiger partial charge on any atom is 1.00 e. The second-order valence-electron chi connectivity index (χ2n) is 0.0962.